The van der Waals surface area contributed by atoms with E-state index < -0.39 is 91.5 Å². The van der Waals surface area contributed by atoms with Gasteiger partial charge in [0.15, 0.2) is 6.10 Å². The Hall–Kier alpha value is -4.05. The summed E-state index contributed by atoms with van der Waals surface area (Å²) >= 11 is 0. The SMILES string of the molecule is CC/C=C\C/C=C\C/C=C\C/C=C\C/C=C\CCCCCCCCCCCCCCCC(=O)OCC(O)COP(=O)(O)OCC(O)COP(=O)(O)OCC(COC(=O)CCCCCC/C=C\C/C=C\C/C=C\C/C=C\CC)OC(=O)CCCCCCC/C=C\CCCCCC. The Labute approximate surface area is 576 Å². The van der Waals surface area contributed by atoms with Gasteiger partial charge in [-0.1, -0.05) is 264 Å². The van der Waals surface area contributed by atoms with Crippen LogP contribution in [0, 0.1) is 0 Å². The van der Waals surface area contributed by atoms with Crippen molar-refractivity contribution in [2.45, 2.75) is 309 Å². The molecule has 5 atom stereocenters. The third-order valence-corrected chi connectivity index (χ3v) is 17.1. The van der Waals surface area contributed by atoms with Gasteiger partial charge in [0.2, 0.25) is 0 Å². The summed E-state index contributed by atoms with van der Waals surface area (Å²) in [5.74, 6) is -1.61. The Balaban J connectivity index is 4.48. The zero-order valence-corrected chi connectivity index (χ0v) is 61.1. The fourth-order valence-electron chi connectivity index (χ4n) is 9.58. The van der Waals surface area contributed by atoms with Crippen molar-refractivity contribution < 1.29 is 75.8 Å². The van der Waals surface area contributed by atoms with E-state index in [1.165, 1.54) is 83.5 Å². The summed E-state index contributed by atoms with van der Waals surface area (Å²) < 4.78 is 60.9. The summed E-state index contributed by atoms with van der Waals surface area (Å²) in [7, 11) is -9.79. The molecule has 0 aliphatic rings. The first-order valence-electron chi connectivity index (χ1n) is 36.8. The molecule has 0 aromatic carbocycles. The zero-order chi connectivity index (χ0) is 69.5. The Morgan fingerprint density at radius 1 is 0.305 bits per heavy atom. The first-order chi connectivity index (χ1) is 46.2. The van der Waals surface area contributed by atoms with E-state index in [0.29, 0.717) is 19.3 Å². The number of hydrogen-bond acceptors (Lipinski definition) is 14. The molecule has 95 heavy (non-hydrogen) atoms. The number of esters is 3. The highest BCUT2D eigenvalue weighted by Gasteiger charge is 2.29. The molecule has 16 nitrogen and oxygen atoms in total. The molecule has 546 valence electrons. The first-order valence-corrected chi connectivity index (χ1v) is 39.8. The summed E-state index contributed by atoms with van der Waals surface area (Å²) in [6, 6.07) is 0. The second-order valence-electron chi connectivity index (χ2n) is 24.3. The second-order valence-corrected chi connectivity index (χ2v) is 27.2. The molecule has 0 rings (SSSR count). The van der Waals surface area contributed by atoms with E-state index in [2.05, 4.69) is 142 Å². The number of phosphoric acid groups is 2. The maximum Gasteiger partial charge on any atom is 0.472 e. The van der Waals surface area contributed by atoms with Gasteiger partial charge in [0.05, 0.1) is 26.4 Å². The van der Waals surface area contributed by atoms with Crippen LogP contribution in [0.3, 0.4) is 0 Å². The maximum absolute atomic E-state index is 12.9. The number of hydrogen-bond donors (Lipinski definition) is 4. The lowest BCUT2D eigenvalue weighted by molar-refractivity contribution is -0.161. The number of aliphatic hydroxyl groups excluding tert-OH is 2. The van der Waals surface area contributed by atoms with Crippen LogP contribution in [-0.4, -0.2) is 95.9 Å². The lowest BCUT2D eigenvalue weighted by atomic mass is 10.0. The number of phosphoric ester groups is 2. The van der Waals surface area contributed by atoms with E-state index in [-0.39, 0.29) is 19.3 Å². The number of rotatable bonds is 69. The number of carbonyl (C=O) groups excluding carboxylic acids is 3. The van der Waals surface area contributed by atoms with E-state index in [9.17, 15) is 43.5 Å². The van der Waals surface area contributed by atoms with Crippen molar-refractivity contribution in [3.8, 4) is 0 Å². The quantitative estimate of drug-likeness (QED) is 0.0146. The minimum atomic E-state index is -4.93. The van der Waals surface area contributed by atoms with Crippen LogP contribution in [0.25, 0.3) is 0 Å². The minimum Gasteiger partial charge on any atom is -0.463 e. The molecule has 0 aromatic rings. The number of aliphatic hydroxyl groups is 2. The van der Waals surface area contributed by atoms with Gasteiger partial charge in [-0.25, -0.2) is 9.13 Å². The second kappa shape index (κ2) is 69.8. The fraction of sp³-hybridized carbons (Fsp3) is 0.701. The zero-order valence-electron chi connectivity index (χ0n) is 59.3. The molecule has 4 N–H and O–H groups in total. The molecule has 0 heterocycles. The molecule has 18 heteroatoms. The van der Waals surface area contributed by atoms with Crippen molar-refractivity contribution in [2.24, 2.45) is 0 Å². The van der Waals surface area contributed by atoms with Gasteiger partial charge in [0, 0.05) is 19.3 Å². The van der Waals surface area contributed by atoms with Gasteiger partial charge in [-0.3, -0.25) is 32.5 Å². The lowest BCUT2D eigenvalue weighted by Crippen LogP contribution is -2.30. The fourth-order valence-corrected chi connectivity index (χ4v) is 11.2. The highest BCUT2D eigenvalue weighted by molar-refractivity contribution is 7.47. The molecule has 0 aliphatic carbocycles. The Morgan fingerprint density at radius 3 is 0.895 bits per heavy atom. The summed E-state index contributed by atoms with van der Waals surface area (Å²) in [5, 5.41) is 20.6. The molecular weight excluding hydrogens is 1240 g/mol. The van der Waals surface area contributed by atoms with Crippen LogP contribution >= 0.6 is 15.6 Å². The van der Waals surface area contributed by atoms with Gasteiger partial charge in [0.1, 0.15) is 25.4 Å². The molecule has 0 fully saturated rings. The van der Waals surface area contributed by atoms with Crippen LogP contribution in [0.2, 0.25) is 0 Å². The van der Waals surface area contributed by atoms with Gasteiger partial charge in [-0.2, -0.15) is 0 Å². The van der Waals surface area contributed by atoms with Gasteiger partial charge in [0.25, 0.3) is 0 Å². The van der Waals surface area contributed by atoms with Crippen LogP contribution < -0.4 is 0 Å². The van der Waals surface area contributed by atoms with Gasteiger partial charge < -0.3 is 34.2 Å². The standard InChI is InChI=1S/C77H132O16P2/c1-4-7-10-13-16-19-22-25-27-29-30-31-32-33-34-35-36-37-38-39-40-42-44-46-48-51-54-57-60-63-75(80)87-66-72(78)67-89-94(83,84)90-68-73(79)69-91-95(85,86)92-71-74(93-77(82)65-62-59-56-53-50-45-24-21-18-15-12-9-6-3)70-88-76(81)64-61-58-55-52-49-47-43-41-28-26-23-20-17-14-11-8-5-2/h7-8,10-11,16-17,19-21,24-28,30-31,33-34,43,47,72-74,78-79H,4-6,9,12-15,18,22-23,29,32,35-42,44-46,48-71H2,1-3H3,(H,83,84)(H,85,86)/b10-7-,11-8-,19-16-,20-17-,24-21-,27-25-,28-26-,31-30-,34-33-,47-43-. The first kappa shape index (κ1) is 91.0. The summed E-state index contributed by atoms with van der Waals surface area (Å²) in [6.45, 7) is 2.39. The van der Waals surface area contributed by atoms with E-state index in [1.807, 2.05) is 0 Å². The van der Waals surface area contributed by atoms with Crippen LogP contribution in [0.5, 0.6) is 0 Å². The van der Waals surface area contributed by atoms with Crippen molar-refractivity contribution in [1.29, 1.82) is 0 Å². The van der Waals surface area contributed by atoms with Crippen LogP contribution in [0.4, 0.5) is 0 Å². The van der Waals surface area contributed by atoms with Crippen LogP contribution in [0.1, 0.15) is 290 Å². The highest BCUT2D eigenvalue weighted by atomic mass is 31.2. The molecule has 0 aliphatic heterocycles. The normalized spacial score (nSPS) is 14.8. The average Bonchev–Trinajstić information content (AvgIpc) is 3.76. The van der Waals surface area contributed by atoms with Gasteiger partial charge >= 0.3 is 33.6 Å². The van der Waals surface area contributed by atoms with Crippen LogP contribution in [-0.2, 0) is 55.8 Å². The summed E-state index contributed by atoms with van der Waals surface area (Å²) in [5.41, 5.74) is 0. The minimum absolute atomic E-state index is 0.0874. The molecule has 0 bridgehead atoms. The number of ether oxygens (including phenoxy) is 3. The van der Waals surface area contributed by atoms with Crippen molar-refractivity contribution in [3.63, 3.8) is 0 Å². The molecule has 0 amide bonds. The monoisotopic (exact) mass is 1370 g/mol. The van der Waals surface area contributed by atoms with E-state index in [0.717, 1.165) is 148 Å². The molecule has 5 unspecified atom stereocenters. The predicted molar refractivity (Wildman–Crippen MR) is 390 cm³/mol. The average molecular weight is 1380 g/mol. The molecule has 0 saturated heterocycles. The molecule has 0 aromatic heterocycles. The van der Waals surface area contributed by atoms with Crippen molar-refractivity contribution in [2.75, 3.05) is 39.6 Å². The van der Waals surface area contributed by atoms with Crippen molar-refractivity contribution >= 4 is 33.6 Å². The molecule has 0 spiro atoms. The molecular formula is C77H132O16P2. The third kappa shape index (κ3) is 71.1. The highest BCUT2D eigenvalue weighted by Crippen LogP contribution is 2.45. The predicted octanol–water partition coefficient (Wildman–Crippen LogP) is 21.0. The summed E-state index contributed by atoms with van der Waals surface area (Å²) in [6.07, 6.45) is 81.2. The maximum atomic E-state index is 12.9. The topological polar surface area (TPSA) is 231 Å². The smallest absolute Gasteiger partial charge is 0.463 e. The van der Waals surface area contributed by atoms with E-state index in [1.54, 1.807) is 0 Å². The van der Waals surface area contributed by atoms with E-state index in [4.69, 9.17) is 32.3 Å². The van der Waals surface area contributed by atoms with Crippen molar-refractivity contribution in [3.05, 3.63) is 122 Å². The summed E-state index contributed by atoms with van der Waals surface area (Å²) in [4.78, 5) is 58.4. The van der Waals surface area contributed by atoms with Gasteiger partial charge in [-0.05, 0) is 128 Å². The lowest BCUT2D eigenvalue weighted by Gasteiger charge is -2.21. The number of allylic oxidation sites excluding steroid dienone is 20. The number of carbonyl (C=O) groups is 3. The van der Waals surface area contributed by atoms with Crippen LogP contribution in [0.15, 0.2) is 122 Å². The number of unbranched alkanes of at least 4 members (excludes halogenated alkanes) is 26. The van der Waals surface area contributed by atoms with Crippen molar-refractivity contribution in [1.82, 2.24) is 0 Å². The third-order valence-electron chi connectivity index (χ3n) is 15.2. The Kier molecular flexibility index (Phi) is 66.9. The largest absolute Gasteiger partial charge is 0.472 e. The van der Waals surface area contributed by atoms with Gasteiger partial charge in [-0.15, -0.1) is 0 Å². The van der Waals surface area contributed by atoms with E-state index >= 15 is 0 Å². The molecule has 0 radical (unpaired) electrons. The Morgan fingerprint density at radius 2 is 0.558 bits per heavy atom. The Bertz CT molecular complexity index is 2210. The molecule has 0 saturated carbocycles.